The predicted octanol–water partition coefficient (Wildman–Crippen LogP) is 5.88. The summed E-state index contributed by atoms with van der Waals surface area (Å²) in [5.41, 5.74) is 1.52. The summed E-state index contributed by atoms with van der Waals surface area (Å²) in [6, 6.07) is 18.2. The summed E-state index contributed by atoms with van der Waals surface area (Å²) in [7, 11) is 0. The Morgan fingerprint density at radius 1 is 1.05 bits per heavy atom. The minimum Gasteiger partial charge on any atom is -0.490 e. The molecule has 1 aliphatic carbocycles. The van der Waals surface area contributed by atoms with E-state index in [4.69, 9.17) is 14.5 Å². The minimum absolute atomic E-state index is 0.177. The van der Waals surface area contributed by atoms with E-state index in [-0.39, 0.29) is 18.1 Å². The van der Waals surface area contributed by atoms with Crippen LogP contribution in [0.3, 0.4) is 0 Å². The Hall–Kier alpha value is -4.53. The quantitative estimate of drug-likeness (QED) is 0.267. The number of hydrogen-bond donors (Lipinski definition) is 1. The highest BCUT2D eigenvalue weighted by atomic mass is 19.1. The molecule has 0 unspecified atom stereocenters. The maximum absolute atomic E-state index is 13.4. The molecular formula is C31H31FN4O4. The molecule has 1 aromatic heterocycles. The second kappa shape index (κ2) is 12.5. The second-order valence-electron chi connectivity index (χ2n) is 9.67. The van der Waals surface area contributed by atoms with Gasteiger partial charge in [-0.15, -0.1) is 0 Å². The van der Waals surface area contributed by atoms with Crippen LogP contribution >= 0.6 is 0 Å². The number of hydrogen-bond acceptors (Lipinski definition) is 6. The zero-order valence-electron chi connectivity index (χ0n) is 22.3. The number of fused-ring (bicyclic) bond motifs is 1. The summed E-state index contributed by atoms with van der Waals surface area (Å²) in [4.78, 5) is 30.6. The summed E-state index contributed by atoms with van der Waals surface area (Å²) in [6.45, 7) is 1.94. The Labute approximate surface area is 231 Å². The molecule has 1 heterocycles. The highest BCUT2D eigenvalue weighted by Crippen LogP contribution is 2.32. The standard InChI is InChI=1S/C31H31FN4O4/c1-2-39-28-17-21(15-16-27(28)40-20-29(37)34-24-12-8-11-23(32)18-24)19-33-36-30(22-9-4-3-5-10-22)35-26-14-7-6-13-25(26)31(36)38/h6-8,11-19,22H,2-5,9-10,20H2,1H3,(H,34,37). The minimum atomic E-state index is -0.442. The number of amides is 1. The number of anilines is 1. The fourth-order valence-electron chi connectivity index (χ4n) is 4.90. The van der Waals surface area contributed by atoms with Gasteiger partial charge in [0.05, 0.1) is 23.7 Å². The van der Waals surface area contributed by atoms with Crippen molar-refractivity contribution in [3.8, 4) is 11.5 Å². The fourth-order valence-corrected chi connectivity index (χ4v) is 4.90. The van der Waals surface area contributed by atoms with Gasteiger partial charge >= 0.3 is 0 Å². The number of carbonyl (C=O) groups excluding carboxylic acids is 1. The van der Waals surface area contributed by atoms with Gasteiger partial charge in [0.1, 0.15) is 11.6 Å². The van der Waals surface area contributed by atoms with Crippen LogP contribution < -0.4 is 20.3 Å². The van der Waals surface area contributed by atoms with E-state index in [9.17, 15) is 14.0 Å². The number of aromatic nitrogens is 2. The first kappa shape index (κ1) is 27.1. The van der Waals surface area contributed by atoms with Crippen molar-refractivity contribution in [3.63, 3.8) is 0 Å². The van der Waals surface area contributed by atoms with Crippen molar-refractivity contribution >= 4 is 28.7 Å². The van der Waals surface area contributed by atoms with E-state index in [1.165, 1.54) is 29.3 Å². The molecule has 5 rings (SSSR count). The van der Waals surface area contributed by atoms with Gasteiger partial charge in [0, 0.05) is 11.6 Å². The molecule has 1 N–H and O–H groups in total. The van der Waals surface area contributed by atoms with E-state index >= 15 is 0 Å². The first-order valence-corrected chi connectivity index (χ1v) is 13.5. The van der Waals surface area contributed by atoms with Gasteiger partial charge in [-0.05, 0) is 73.9 Å². The molecule has 40 heavy (non-hydrogen) atoms. The molecule has 4 aromatic rings. The molecule has 1 aliphatic rings. The fraction of sp³-hybridized carbons (Fsp3) is 0.290. The van der Waals surface area contributed by atoms with Crippen LogP contribution in [0.2, 0.25) is 0 Å². The third-order valence-corrected chi connectivity index (χ3v) is 6.81. The highest BCUT2D eigenvalue weighted by molar-refractivity contribution is 5.92. The van der Waals surface area contributed by atoms with Crippen molar-refractivity contribution < 1.29 is 18.7 Å². The Bertz CT molecular complexity index is 1590. The average molecular weight is 543 g/mol. The lowest BCUT2D eigenvalue weighted by molar-refractivity contribution is -0.118. The van der Waals surface area contributed by atoms with Crippen molar-refractivity contribution in [2.45, 2.75) is 44.9 Å². The Kier molecular flexibility index (Phi) is 8.49. The van der Waals surface area contributed by atoms with E-state index in [2.05, 4.69) is 10.4 Å². The molecule has 3 aromatic carbocycles. The Balaban J connectivity index is 1.38. The first-order chi connectivity index (χ1) is 19.5. The molecule has 206 valence electrons. The molecule has 1 saturated carbocycles. The summed E-state index contributed by atoms with van der Waals surface area (Å²) in [6.07, 6.45) is 6.97. The van der Waals surface area contributed by atoms with Crippen molar-refractivity contribution in [2.24, 2.45) is 5.10 Å². The number of halogens is 1. The molecule has 0 bridgehead atoms. The Morgan fingerprint density at radius 3 is 2.67 bits per heavy atom. The molecule has 0 saturated heterocycles. The van der Waals surface area contributed by atoms with E-state index in [0.29, 0.717) is 46.1 Å². The monoisotopic (exact) mass is 542 g/mol. The topological polar surface area (TPSA) is 94.8 Å². The number of carbonyl (C=O) groups is 1. The van der Waals surface area contributed by atoms with Crippen molar-refractivity contribution in [1.29, 1.82) is 0 Å². The third-order valence-electron chi connectivity index (χ3n) is 6.81. The van der Waals surface area contributed by atoms with Gasteiger partial charge in [-0.1, -0.05) is 37.5 Å². The summed E-state index contributed by atoms with van der Waals surface area (Å²) >= 11 is 0. The predicted molar refractivity (Wildman–Crippen MR) is 153 cm³/mol. The molecule has 0 spiro atoms. The van der Waals surface area contributed by atoms with Crippen LogP contribution in [0.15, 0.2) is 76.6 Å². The van der Waals surface area contributed by atoms with Crippen LogP contribution in [-0.2, 0) is 4.79 Å². The van der Waals surface area contributed by atoms with Gasteiger partial charge in [-0.25, -0.2) is 9.37 Å². The molecule has 1 fully saturated rings. The number of ether oxygens (including phenoxy) is 2. The van der Waals surface area contributed by atoms with E-state index in [1.54, 1.807) is 36.5 Å². The zero-order chi connectivity index (χ0) is 27.9. The lowest BCUT2D eigenvalue weighted by Crippen LogP contribution is -2.25. The highest BCUT2D eigenvalue weighted by Gasteiger charge is 2.22. The van der Waals surface area contributed by atoms with Crippen molar-refractivity contribution in [3.05, 3.63) is 94.3 Å². The normalized spacial score (nSPS) is 13.9. The average Bonchev–Trinajstić information content (AvgIpc) is 2.97. The number of nitrogens with zero attached hydrogens (tertiary/aromatic N) is 3. The number of rotatable bonds is 9. The second-order valence-corrected chi connectivity index (χ2v) is 9.67. The van der Waals surface area contributed by atoms with E-state index in [1.807, 2.05) is 25.1 Å². The SMILES string of the molecule is CCOc1cc(C=Nn2c(C3CCCCC3)nc3ccccc3c2=O)ccc1OCC(=O)Nc1cccc(F)c1. The van der Waals surface area contributed by atoms with Crippen LogP contribution in [-0.4, -0.2) is 35.0 Å². The molecular weight excluding hydrogens is 511 g/mol. The van der Waals surface area contributed by atoms with Crippen LogP contribution in [0.5, 0.6) is 11.5 Å². The lowest BCUT2D eigenvalue weighted by Gasteiger charge is -2.22. The van der Waals surface area contributed by atoms with Gasteiger partial charge in [-0.2, -0.15) is 9.78 Å². The van der Waals surface area contributed by atoms with Crippen LogP contribution in [0, 0.1) is 5.82 Å². The zero-order valence-corrected chi connectivity index (χ0v) is 22.3. The van der Waals surface area contributed by atoms with Gasteiger partial charge in [0.2, 0.25) is 0 Å². The molecule has 0 aliphatic heterocycles. The maximum Gasteiger partial charge on any atom is 0.282 e. The largest absolute Gasteiger partial charge is 0.490 e. The van der Waals surface area contributed by atoms with Gasteiger partial charge in [0.15, 0.2) is 18.1 Å². The maximum atomic E-state index is 13.4. The number of para-hydroxylation sites is 1. The molecule has 1 amide bonds. The molecule has 9 heteroatoms. The molecule has 0 radical (unpaired) electrons. The number of nitrogens with one attached hydrogen (secondary N) is 1. The van der Waals surface area contributed by atoms with E-state index < -0.39 is 11.7 Å². The summed E-state index contributed by atoms with van der Waals surface area (Å²) in [5.74, 6) is 0.798. The third kappa shape index (κ3) is 6.36. The Morgan fingerprint density at radius 2 is 1.88 bits per heavy atom. The van der Waals surface area contributed by atoms with Crippen LogP contribution in [0.4, 0.5) is 10.1 Å². The molecule has 0 atom stereocenters. The molecule has 8 nitrogen and oxygen atoms in total. The number of benzene rings is 3. The van der Waals surface area contributed by atoms with E-state index in [0.717, 1.165) is 25.7 Å². The first-order valence-electron chi connectivity index (χ1n) is 13.5. The lowest BCUT2D eigenvalue weighted by atomic mass is 9.88. The summed E-state index contributed by atoms with van der Waals surface area (Å²) < 4.78 is 26.3. The van der Waals surface area contributed by atoms with Crippen LogP contribution in [0.1, 0.15) is 56.3 Å². The summed E-state index contributed by atoms with van der Waals surface area (Å²) in [5, 5.41) is 7.71. The van der Waals surface area contributed by atoms with Gasteiger partial charge in [0.25, 0.3) is 11.5 Å². The van der Waals surface area contributed by atoms with Crippen molar-refractivity contribution in [1.82, 2.24) is 9.66 Å². The van der Waals surface area contributed by atoms with Crippen molar-refractivity contribution in [2.75, 3.05) is 18.5 Å². The van der Waals surface area contributed by atoms with Crippen LogP contribution in [0.25, 0.3) is 10.9 Å². The van der Waals surface area contributed by atoms with Gasteiger partial charge in [-0.3, -0.25) is 9.59 Å². The smallest absolute Gasteiger partial charge is 0.282 e. The van der Waals surface area contributed by atoms with Gasteiger partial charge < -0.3 is 14.8 Å².